The summed E-state index contributed by atoms with van der Waals surface area (Å²) in [6.07, 6.45) is 3.19. The number of benzene rings is 2. The summed E-state index contributed by atoms with van der Waals surface area (Å²) >= 11 is 0. The highest BCUT2D eigenvalue weighted by atomic mass is 19.1. The van der Waals surface area contributed by atoms with Gasteiger partial charge in [0.2, 0.25) is 5.91 Å². The Morgan fingerprint density at radius 3 is 2.50 bits per heavy atom. The third-order valence-corrected chi connectivity index (χ3v) is 4.51. The number of hydrogen-bond donors (Lipinski definition) is 2. The van der Waals surface area contributed by atoms with Gasteiger partial charge in [0.05, 0.1) is 13.2 Å². The fourth-order valence-electron chi connectivity index (χ4n) is 3.06. The number of halogens is 1. The molecule has 1 aliphatic heterocycles. The molecule has 0 aromatic heterocycles. The normalized spacial score (nSPS) is 16.5. The Morgan fingerprint density at radius 2 is 1.81 bits per heavy atom. The van der Waals surface area contributed by atoms with Gasteiger partial charge in [0.25, 0.3) is 0 Å². The molecule has 0 spiro atoms. The van der Waals surface area contributed by atoms with E-state index in [1.54, 1.807) is 18.2 Å². The van der Waals surface area contributed by atoms with E-state index in [0.717, 1.165) is 44.0 Å². The maximum Gasteiger partial charge on any atom is 0.244 e. The van der Waals surface area contributed by atoms with Crippen molar-refractivity contribution in [2.45, 2.75) is 6.04 Å². The van der Waals surface area contributed by atoms with Crippen molar-refractivity contribution < 1.29 is 18.8 Å². The minimum Gasteiger partial charge on any atom is -0.370 e. The van der Waals surface area contributed by atoms with Crippen LogP contribution in [0.1, 0.15) is 17.2 Å². The van der Waals surface area contributed by atoms with E-state index in [9.17, 15) is 9.18 Å². The van der Waals surface area contributed by atoms with Crippen LogP contribution in [0, 0.1) is 5.82 Å². The first-order chi connectivity index (χ1) is 12.7. The Bertz CT molecular complexity index is 725. The van der Waals surface area contributed by atoms with Gasteiger partial charge >= 0.3 is 0 Å². The molecule has 4 nitrogen and oxygen atoms in total. The second-order valence-electron chi connectivity index (χ2n) is 6.42. The number of carbonyl (C=O) groups is 1. The number of hydrogen-bond acceptors (Lipinski definition) is 2. The van der Waals surface area contributed by atoms with Crippen molar-refractivity contribution in [2.24, 2.45) is 0 Å². The SMILES string of the molecule is O=C(/C=C/c1ccc(F)cc1)N[C@H](C[NH+]1CCOCC1)c1ccccc1. The lowest BCUT2D eigenvalue weighted by molar-refractivity contribution is -0.909. The van der Waals surface area contributed by atoms with Crippen LogP contribution in [0.3, 0.4) is 0 Å². The first-order valence-corrected chi connectivity index (χ1v) is 8.91. The smallest absolute Gasteiger partial charge is 0.244 e. The molecule has 0 unspecified atom stereocenters. The van der Waals surface area contributed by atoms with Crippen molar-refractivity contribution in [3.8, 4) is 0 Å². The van der Waals surface area contributed by atoms with Crippen LogP contribution >= 0.6 is 0 Å². The van der Waals surface area contributed by atoms with Crippen LogP contribution in [-0.4, -0.2) is 38.8 Å². The highest BCUT2D eigenvalue weighted by Crippen LogP contribution is 2.11. The van der Waals surface area contributed by atoms with Gasteiger partial charge in [-0.15, -0.1) is 0 Å². The predicted octanol–water partition coefficient (Wildman–Crippen LogP) is 1.61. The number of quaternary nitrogens is 1. The Morgan fingerprint density at radius 1 is 1.12 bits per heavy atom. The topological polar surface area (TPSA) is 42.8 Å². The Hall–Kier alpha value is -2.50. The summed E-state index contributed by atoms with van der Waals surface area (Å²) in [4.78, 5) is 13.8. The van der Waals surface area contributed by atoms with Gasteiger partial charge in [0, 0.05) is 6.08 Å². The van der Waals surface area contributed by atoms with Crippen LogP contribution in [0.2, 0.25) is 0 Å². The van der Waals surface area contributed by atoms with Gasteiger partial charge in [0.1, 0.15) is 31.5 Å². The van der Waals surface area contributed by atoms with E-state index in [2.05, 4.69) is 5.32 Å². The fourth-order valence-corrected chi connectivity index (χ4v) is 3.06. The first-order valence-electron chi connectivity index (χ1n) is 8.91. The van der Waals surface area contributed by atoms with Crippen LogP contribution in [0.25, 0.3) is 6.08 Å². The van der Waals surface area contributed by atoms with Gasteiger partial charge in [-0.2, -0.15) is 0 Å². The maximum atomic E-state index is 13.0. The lowest BCUT2D eigenvalue weighted by atomic mass is 10.1. The summed E-state index contributed by atoms with van der Waals surface area (Å²) in [5, 5.41) is 3.10. The second kappa shape index (κ2) is 9.27. The van der Waals surface area contributed by atoms with E-state index in [1.807, 2.05) is 30.3 Å². The fraction of sp³-hybridized carbons (Fsp3) is 0.286. The van der Waals surface area contributed by atoms with Crippen molar-refractivity contribution in [3.05, 3.63) is 77.6 Å². The van der Waals surface area contributed by atoms with E-state index in [1.165, 1.54) is 23.1 Å². The minimum atomic E-state index is -0.288. The van der Waals surface area contributed by atoms with Crippen LogP contribution in [0.5, 0.6) is 0 Å². The number of carbonyl (C=O) groups excluding carboxylic acids is 1. The Labute approximate surface area is 153 Å². The summed E-state index contributed by atoms with van der Waals surface area (Å²) in [5.74, 6) is -0.444. The predicted molar refractivity (Wildman–Crippen MR) is 99.1 cm³/mol. The zero-order valence-corrected chi connectivity index (χ0v) is 14.7. The average molecular weight is 355 g/mol. The van der Waals surface area contributed by atoms with Gasteiger partial charge in [0.15, 0.2) is 0 Å². The van der Waals surface area contributed by atoms with E-state index >= 15 is 0 Å². The van der Waals surface area contributed by atoms with Crippen LogP contribution in [0.15, 0.2) is 60.7 Å². The van der Waals surface area contributed by atoms with Gasteiger partial charge in [-0.3, -0.25) is 4.79 Å². The number of ether oxygens (including phenoxy) is 1. The van der Waals surface area contributed by atoms with Crippen LogP contribution in [-0.2, 0) is 9.53 Å². The van der Waals surface area contributed by atoms with Crippen LogP contribution in [0.4, 0.5) is 4.39 Å². The molecule has 2 aromatic rings. The molecule has 1 saturated heterocycles. The van der Waals surface area contributed by atoms with E-state index in [4.69, 9.17) is 4.74 Å². The molecule has 0 bridgehead atoms. The lowest BCUT2D eigenvalue weighted by Gasteiger charge is -2.28. The highest BCUT2D eigenvalue weighted by Gasteiger charge is 2.22. The zero-order chi connectivity index (χ0) is 18.2. The van der Waals surface area contributed by atoms with E-state index < -0.39 is 0 Å². The molecular formula is C21H24FN2O2+. The molecule has 1 fully saturated rings. The number of nitrogens with one attached hydrogen (secondary N) is 2. The third-order valence-electron chi connectivity index (χ3n) is 4.51. The van der Waals surface area contributed by atoms with Crippen molar-refractivity contribution in [1.82, 2.24) is 5.32 Å². The standard InChI is InChI=1S/C21H23FN2O2/c22-19-9-6-17(7-10-19)8-11-21(25)23-20(18-4-2-1-3-5-18)16-24-12-14-26-15-13-24/h1-11,20H,12-16H2,(H,23,25)/p+1/b11-8+/t20-/m1/s1. The van der Waals surface area contributed by atoms with Gasteiger partial charge in [-0.05, 0) is 29.3 Å². The van der Waals surface area contributed by atoms with E-state index in [-0.39, 0.29) is 17.8 Å². The highest BCUT2D eigenvalue weighted by molar-refractivity contribution is 5.92. The van der Waals surface area contributed by atoms with Crippen molar-refractivity contribution in [1.29, 1.82) is 0 Å². The van der Waals surface area contributed by atoms with Crippen molar-refractivity contribution in [2.75, 3.05) is 32.8 Å². The molecule has 1 heterocycles. The average Bonchev–Trinajstić information content (AvgIpc) is 2.68. The molecule has 0 saturated carbocycles. The van der Waals surface area contributed by atoms with Gasteiger partial charge < -0.3 is 15.0 Å². The molecular weight excluding hydrogens is 331 g/mol. The summed E-state index contributed by atoms with van der Waals surface area (Å²) in [6.45, 7) is 4.24. The third kappa shape index (κ3) is 5.51. The molecule has 5 heteroatoms. The van der Waals surface area contributed by atoms with Crippen molar-refractivity contribution >= 4 is 12.0 Å². The monoisotopic (exact) mass is 355 g/mol. The summed E-state index contributed by atoms with van der Waals surface area (Å²) in [7, 11) is 0. The molecule has 0 aliphatic carbocycles. The molecule has 3 rings (SSSR count). The maximum absolute atomic E-state index is 13.0. The first kappa shape index (κ1) is 18.3. The number of morpholine rings is 1. The summed E-state index contributed by atoms with van der Waals surface area (Å²) in [5.41, 5.74) is 1.88. The molecule has 2 N–H and O–H groups in total. The quantitative estimate of drug-likeness (QED) is 0.773. The number of amides is 1. The molecule has 0 radical (unpaired) electrons. The summed E-state index contributed by atoms with van der Waals surface area (Å²) in [6, 6.07) is 16.0. The van der Waals surface area contributed by atoms with E-state index in [0.29, 0.717) is 0 Å². The molecule has 136 valence electrons. The summed E-state index contributed by atoms with van der Waals surface area (Å²) < 4.78 is 18.4. The Kier molecular flexibility index (Phi) is 6.52. The molecule has 26 heavy (non-hydrogen) atoms. The largest absolute Gasteiger partial charge is 0.370 e. The molecule has 1 aliphatic rings. The lowest BCUT2D eigenvalue weighted by Crippen LogP contribution is -3.14. The molecule has 1 atom stereocenters. The Balaban J connectivity index is 1.66. The van der Waals surface area contributed by atoms with Crippen LogP contribution < -0.4 is 10.2 Å². The van der Waals surface area contributed by atoms with Gasteiger partial charge in [-0.1, -0.05) is 42.5 Å². The minimum absolute atomic E-state index is 0.0605. The molecule has 2 aromatic carbocycles. The second-order valence-corrected chi connectivity index (χ2v) is 6.42. The number of rotatable bonds is 6. The molecule has 1 amide bonds. The van der Waals surface area contributed by atoms with Gasteiger partial charge in [-0.25, -0.2) is 4.39 Å². The van der Waals surface area contributed by atoms with Crippen molar-refractivity contribution in [3.63, 3.8) is 0 Å². The zero-order valence-electron chi connectivity index (χ0n) is 14.7.